The van der Waals surface area contributed by atoms with E-state index in [1.165, 1.54) is 7.05 Å². The van der Waals surface area contributed by atoms with E-state index >= 15 is 0 Å². The molecule has 2 amide bonds. The number of carboxylic acid groups (broad SMARTS) is 1. The van der Waals surface area contributed by atoms with Crippen molar-refractivity contribution in [3.63, 3.8) is 0 Å². The smallest absolute Gasteiger partial charge is 0.337 e. The Morgan fingerprint density at radius 3 is 2.53 bits per heavy atom. The summed E-state index contributed by atoms with van der Waals surface area (Å²) < 4.78 is 1.02. The molecule has 0 radical (unpaired) electrons. The Morgan fingerprint density at radius 1 is 1.37 bits per heavy atom. The largest absolute Gasteiger partial charge is 0.478 e. The lowest BCUT2D eigenvalue weighted by atomic mass is 10.2. The fourth-order valence-corrected chi connectivity index (χ4v) is 1.96. The lowest BCUT2D eigenvalue weighted by Gasteiger charge is -1.97. The summed E-state index contributed by atoms with van der Waals surface area (Å²) in [5.41, 5.74) is 4.89. The molecule has 0 aliphatic rings. The molecule has 1 aromatic heterocycles. The highest BCUT2D eigenvalue weighted by Gasteiger charge is 2.03. The summed E-state index contributed by atoms with van der Waals surface area (Å²) in [6.45, 7) is 0. The number of nitroso groups, excluding NO2 is 1. The summed E-state index contributed by atoms with van der Waals surface area (Å²) in [6.07, 6.45) is 0. The van der Waals surface area contributed by atoms with Crippen LogP contribution in [0, 0.1) is 4.91 Å². The van der Waals surface area contributed by atoms with Crippen LogP contribution in [-0.2, 0) is 0 Å². The maximum atomic E-state index is 10.6. The Bertz CT molecular complexity index is 611. The van der Waals surface area contributed by atoms with Gasteiger partial charge in [-0.25, -0.2) is 9.59 Å². The average Bonchev–Trinajstić information content (AvgIpc) is 2.85. The van der Waals surface area contributed by atoms with Crippen molar-refractivity contribution >= 4 is 33.4 Å². The van der Waals surface area contributed by atoms with E-state index in [0.29, 0.717) is 10.6 Å². The fraction of sp³-hybridized carbons (Fsp3) is 0.0909. The fourth-order valence-electron chi connectivity index (χ4n) is 1.13. The van der Waals surface area contributed by atoms with Crippen molar-refractivity contribution in [1.82, 2.24) is 5.01 Å². The van der Waals surface area contributed by atoms with Crippen molar-refractivity contribution in [3.05, 3.63) is 40.1 Å². The number of carbonyl (C=O) groups is 2. The monoisotopic (exact) mass is 281 g/mol. The van der Waals surface area contributed by atoms with Crippen LogP contribution in [0.5, 0.6) is 0 Å². The summed E-state index contributed by atoms with van der Waals surface area (Å²) in [5.74, 6) is -0.870. The number of rotatable bonds is 2. The molecular weight excluding hydrogens is 270 g/mol. The molecule has 0 saturated carbocycles. The summed E-state index contributed by atoms with van der Waals surface area (Å²) in [6, 6.07) is 6.27. The number of aromatic carboxylic acids is 1. The molecule has 0 aliphatic carbocycles. The van der Waals surface area contributed by atoms with Gasteiger partial charge in [0.15, 0.2) is 0 Å². The third-order valence-corrected chi connectivity index (χ3v) is 3.02. The molecule has 2 aromatic rings. The number of primary amides is 1. The third-order valence-electron chi connectivity index (χ3n) is 2.14. The minimum atomic E-state index is -0.870. The van der Waals surface area contributed by atoms with Crippen LogP contribution in [0.15, 0.2) is 34.9 Å². The topological polar surface area (TPSA) is 113 Å². The van der Waals surface area contributed by atoms with Gasteiger partial charge in [0.05, 0.1) is 10.8 Å². The number of nitrogens with two attached hydrogens (primary N) is 1. The van der Waals surface area contributed by atoms with E-state index in [1.807, 2.05) is 17.5 Å². The molecule has 0 atom stereocenters. The van der Waals surface area contributed by atoms with E-state index in [4.69, 9.17) is 5.11 Å². The highest BCUT2D eigenvalue weighted by atomic mass is 32.1. The first-order chi connectivity index (χ1) is 8.95. The molecular formula is C11H11N3O4S. The van der Waals surface area contributed by atoms with Crippen LogP contribution >= 0.6 is 11.3 Å². The maximum Gasteiger partial charge on any atom is 0.337 e. The van der Waals surface area contributed by atoms with Gasteiger partial charge >= 0.3 is 12.0 Å². The minimum absolute atomic E-state index is 0.352. The zero-order chi connectivity index (χ0) is 14.4. The van der Waals surface area contributed by atoms with Gasteiger partial charge in [-0.15, -0.1) is 16.2 Å². The molecule has 0 fully saturated rings. The van der Waals surface area contributed by atoms with Crippen LogP contribution in [0.1, 0.15) is 10.4 Å². The molecule has 0 saturated heterocycles. The maximum absolute atomic E-state index is 10.6. The summed E-state index contributed by atoms with van der Waals surface area (Å²) in [7, 11) is 1.18. The number of carbonyl (C=O) groups excluding carboxylic acids is 1. The van der Waals surface area contributed by atoms with Crippen molar-refractivity contribution in [1.29, 1.82) is 0 Å². The minimum Gasteiger partial charge on any atom is -0.478 e. The van der Waals surface area contributed by atoms with Gasteiger partial charge in [-0.3, -0.25) is 0 Å². The van der Waals surface area contributed by atoms with E-state index in [2.05, 4.69) is 11.0 Å². The van der Waals surface area contributed by atoms with E-state index in [9.17, 15) is 14.5 Å². The number of benzene rings is 1. The molecule has 0 unspecified atom stereocenters. The number of hydrogen-bond acceptors (Lipinski definition) is 5. The Balaban J connectivity index is 0.000000224. The van der Waals surface area contributed by atoms with Crippen LogP contribution in [0.25, 0.3) is 10.1 Å². The van der Waals surface area contributed by atoms with Gasteiger partial charge in [0.1, 0.15) is 0 Å². The zero-order valence-corrected chi connectivity index (χ0v) is 10.8. The number of nitrogens with zero attached hydrogens (tertiary/aromatic N) is 2. The average molecular weight is 281 g/mol. The van der Waals surface area contributed by atoms with Crippen LogP contribution in [0.3, 0.4) is 0 Å². The second-order valence-electron chi connectivity index (χ2n) is 3.42. The molecule has 0 bridgehead atoms. The molecule has 0 spiro atoms. The Kier molecular flexibility index (Phi) is 4.95. The Hall–Kier alpha value is -2.48. The molecule has 0 aliphatic heterocycles. The molecule has 8 heteroatoms. The van der Waals surface area contributed by atoms with Gasteiger partial charge in [-0.1, -0.05) is 6.07 Å². The van der Waals surface area contributed by atoms with Gasteiger partial charge in [0.25, 0.3) is 0 Å². The first-order valence-corrected chi connectivity index (χ1v) is 5.90. The number of thiophene rings is 1. The number of urea groups is 1. The standard InChI is InChI=1S/C9H6O2S.C2H5N3O2/c10-9(11)7-2-1-6-3-4-12-8(6)5-7;1-5(4-7)2(3)6/h1-5H,(H,10,11);1H3,(H2,3,6). The molecule has 2 rings (SSSR count). The van der Waals surface area contributed by atoms with Crippen LogP contribution in [0.4, 0.5) is 4.79 Å². The van der Waals surface area contributed by atoms with E-state index in [1.54, 1.807) is 23.5 Å². The normalized spacial score (nSPS) is 9.32. The van der Waals surface area contributed by atoms with E-state index in [-0.39, 0.29) is 0 Å². The van der Waals surface area contributed by atoms with Gasteiger partial charge in [-0.2, -0.15) is 5.01 Å². The van der Waals surface area contributed by atoms with Crippen molar-refractivity contribution in [2.75, 3.05) is 7.05 Å². The molecule has 3 N–H and O–H groups in total. The molecule has 7 nitrogen and oxygen atoms in total. The van der Waals surface area contributed by atoms with E-state index in [0.717, 1.165) is 10.1 Å². The third kappa shape index (κ3) is 4.03. The lowest BCUT2D eigenvalue weighted by molar-refractivity contribution is 0.0697. The number of amides is 2. The van der Waals surface area contributed by atoms with Crippen LogP contribution in [0.2, 0.25) is 0 Å². The Labute approximate surface area is 112 Å². The summed E-state index contributed by atoms with van der Waals surface area (Å²) in [5, 5.41) is 14.4. The molecule has 1 heterocycles. The predicted molar refractivity (Wildman–Crippen MR) is 71.9 cm³/mol. The van der Waals surface area contributed by atoms with Gasteiger partial charge < -0.3 is 10.8 Å². The first-order valence-electron chi connectivity index (χ1n) is 5.02. The highest BCUT2D eigenvalue weighted by Crippen LogP contribution is 2.21. The van der Waals surface area contributed by atoms with Crippen molar-refractivity contribution in [2.45, 2.75) is 0 Å². The lowest BCUT2D eigenvalue weighted by Crippen LogP contribution is -2.26. The molecule has 100 valence electrons. The van der Waals surface area contributed by atoms with Crippen LogP contribution < -0.4 is 5.73 Å². The van der Waals surface area contributed by atoms with Gasteiger partial charge in [0.2, 0.25) is 0 Å². The first kappa shape index (κ1) is 14.6. The summed E-state index contributed by atoms with van der Waals surface area (Å²) >= 11 is 1.56. The van der Waals surface area contributed by atoms with Crippen LogP contribution in [-0.4, -0.2) is 29.2 Å². The predicted octanol–water partition coefficient (Wildman–Crippen LogP) is 2.28. The number of hydrogen-bond donors (Lipinski definition) is 2. The highest BCUT2D eigenvalue weighted by molar-refractivity contribution is 7.17. The van der Waals surface area contributed by atoms with Crippen molar-refractivity contribution in [3.8, 4) is 0 Å². The second-order valence-corrected chi connectivity index (χ2v) is 4.37. The molecule has 19 heavy (non-hydrogen) atoms. The van der Waals surface area contributed by atoms with Gasteiger partial charge in [0, 0.05) is 11.7 Å². The number of fused-ring (bicyclic) bond motifs is 1. The second kappa shape index (κ2) is 6.45. The SMILES string of the molecule is CN(N=O)C(N)=O.O=C(O)c1ccc2ccsc2c1. The number of carboxylic acids is 1. The molecule has 1 aromatic carbocycles. The Morgan fingerprint density at radius 2 is 2.05 bits per heavy atom. The quantitative estimate of drug-likeness (QED) is 0.649. The zero-order valence-electron chi connectivity index (χ0n) is 9.94. The van der Waals surface area contributed by atoms with E-state index < -0.39 is 12.0 Å². The summed E-state index contributed by atoms with van der Waals surface area (Å²) in [4.78, 5) is 29.7. The van der Waals surface area contributed by atoms with Crippen molar-refractivity contribution < 1.29 is 14.7 Å². The van der Waals surface area contributed by atoms with Crippen molar-refractivity contribution in [2.24, 2.45) is 11.0 Å². The van der Waals surface area contributed by atoms with Gasteiger partial charge in [-0.05, 0) is 29.0 Å².